The summed E-state index contributed by atoms with van der Waals surface area (Å²) in [5, 5.41) is 0. The Morgan fingerprint density at radius 2 is 1.88 bits per heavy atom. The van der Waals surface area contributed by atoms with E-state index in [4.69, 9.17) is 4.74 Å². The van der Waals surface area contributed by atoms with Crippen molar-refractivity contribution in [2.45, 2.75) is 13.3 Å². The molecule has 0 bridgehead atoms. The molecule has 0 amide bonds. The summed E-state index contributed by atoms with van der Waals surface area (Å²) in [5.41, 5.74) is 0.463. The van der Waals surface area contributed by atoms with Crippen LogP contribution in [0.25, 0.3) is 0 Å². The summed E-state index contributed by atoms with van der Waals surface area (Å²) in [6, 6.07) is 6.80. The number of ether oxygens (including phenoxy) is 1. The number of Topliss-reactive ketones (excluding diaryl/α,β-unsaturated/α-hetero) is 1. The van der Waals surface area contributed by atoms with Gasteiger partial charge in [0, 0.05) is 19.9 Å². The Morgan fingerprint density at radius 1 is 1.24 bits per heavy atom. The first-order valence-corrected chi connectivity index (χ1v) is 5.46. The molecule has 0 aliphatic carbocycles. The summed E-state index contributed by atoms with van der Waals surface area (Å²) in [7, 11) is 3.82. The van der Waals surface area contributed by atoms with Crippen LogP contribution in [0.15, 0.2) is 24.3 Å². The van der Waals surface area contributed by atoms with Gasteiger partial charge >= 0.3 is 5.97 Å². The van der Waals surface area contributed by atoms with Crippen LogP contribution < -0.4 is 4.74 Å². The maximum absolute atomic E-state index is 11.9. The minimum Gasteiger partial charge on any atom is -0.426 e. The summed E-state index contributed by atoms with van der Waals surface area (Å²) in [6.45, 7) is 1.99. The van der Waals surface area contributed by atoms with Crippen molar-refractivity contribution in [1.29, 1.82) is 0 Å². The zero-order valence-electron chi connectivity index (χ0n) is 10.4. The second-order valence-electron chi connectivity index (χ2n) is 4.07. The van der Waals surface area contributed by atoms with Crippen molar-refractivity contribution in [3.05, 3.63) is 29.8 Å². The lowest BCUT2D eigenvalue weighted by atomic mass is 10.1. The van der Waals surface area contributed by atoms with Crippen LogP contribution >= 0.6 is 0 Å². The predicted molar refractivity (Wildman–Crippen MR) is 65.3 cm³/mol. The number of esters is 1. The molecule has 0 heterocycles. The van der Waals surface area contributed by atoms with E-state index in [9.17, 15) is 9.59 Å². The smallest absolute Gasteiger partial charge is 0.308 e. The first-order valence-electron chi connectivity index (χ1n) is 5.46. The Labute approximate surface area is 101 Å². The van der Waals surface area contributed by atoms with Crippen LogP contribution in [0.3, 0.4) is 0 Å². The number of hydrogen-bond donors (Lipinski definition) is 0. The number of nitrogens with zero attached hydrogens (tertiary/aromatic N) is 1. The SMILES string of the molecule is CC(=O)Oc1ccccc1C(=O)CCN(C)C. The van der Waals surface area contributed by atoms with Gasteiger partial charge in [0.1, 0.15) is 5.75 Å². The molecule has 1 rings (SSSR count). The topological polar surface area (TPSA) is 46.6 Å². The zero-order chi connectivity index (χ0) is 12.8. The number of para-hydroxylation sites is 1. The molecule has 1 aromatic rings. The monoisotopic (exact) mass is 235 g/mol. The fraction of sp³-hybridized carbons (Fsp3) is 0.385. The maximum atomic E-state index is 11.9. The van der Waals surface area contributed by atoms with Crippen LogP contribution in [0.4, 0.5) is 0 Å². The second kappa shape index (κ2) is 6.15. The van der Waals surface area contributed by atoms with E-state index in [-0.39, 0.29) is 5.78 Å². The van der Waals surface area contributed by atoms with E-state index in [1.54, 1.807) is 24.3 Å². The Kier molecular flexibility index (Phi) is 4.84. The van der Waals surface area contributed by atoms with Crippen LogP contribution in [0, 0.1) is 0 Å². The van der Waals surface area contributed by atoms with Crippen molar-refractivity contribution in [2.24, 2.45) is 0 Å². The molecule has 0 saturated heterocycles. The number of benzene rings is 1. The Balaban J connectivity index is 2.81. The quantitative estimate of drug-likeness (QED) is 0.443. The van der Waals surface area contributed by atoms with Crippen LogP contribution in [0.5, 0.6) is 5.75 Å². The van der Waals surface area contributed by atoms with Gasteiger partial charge in [-0.2, -0.15) is 0 Å². The van der Waals surface area contributed by atoms with Gasteiger partial charge in [-0.1, -0.05) is 12.1 Å². The Hall–Kier alpha value is -1.68. The summed E-state index contributed by atoms with van der Waals surface area (Å²) in [4.78, 5) is 24.8. The molecule has 0 radical (unpaired) electrons. The van der Waals surface area contributed by atoms with Gasteiger partial charge in [-0.3, -0.25) is 9.59 Å². The molecule has 17 heavy (non-hydrogen) atoms. The number of rotatable bonds is 5. The molecule has 92 valence electrons. The lowest BCUT2D eigenvalue weighted by Crippen LogP contribution is -2.17. The van der Waals surface area contributed by atoms with E-state index in [1.165, 1.54) is 6.92 Å². The lowest BCUT2D eigenvalue weighted by molar-refractivity contribution is -0.131. The van der Waals surface area contributed by atoms with E-state index in [0.717, 1.165) is 0 Å². The minimum absolute atomic E-state index is 0.0180. The van der Waals surface area contributed by atoms with Crippen LogP contribution in [-0.2, 0) is 4.79 Å². The van der Waals surface area contributed by atoms with Crippen molar-refractivity contribution in [3.63, 3.8) is 0 Å². The largest absolute Gasteiger partial charge is 0.426 e. The molecule has 0 aliphatic rings. The van der Waals surface area contributed by atoms with Crippen LogP contribution in [0.1, 0.15) is 23.7 Å². The number of hydrogen-bond acceptors (Lipinski definition) is 4. The van der Waals surface area contributed by atoms with Crippen molar-refractivity contribution in [1.82, 2.24) is 4.90 Å². The zero-order valence-corrected chi connectivity index (χ0v) is 10.4. The predicted octanol–water partition coefficient (Wildman–Crippen LogP) is 1.75. The van der Waals surface area contributed by atoms with Gasteiger partial charge in [-0.15, -0.1) is 0 Å². The standard InChI is InChI=1S/C13H17NO3/c1-10(15)17-13-7-5-4-6-11(13)12(16)8-9-14(2)3/h4-7H,8-9H2,1-3H3. The van der Waals surface area contributed by atoms with Gasteiger partial charge in [0.15, 0.2) is 5.78 Å². The van der Waals surface area contributed by atoms with E-state index in [0.29, 0.717) is 24.3 Å². The summed E-state index contributed by atoms with van der Waals surface area (Å²) in [6.07, 6.45) is 0.408. The van der Waals surface area contributed by atoms with E-state index in [1.807, 2.05) is 19.0 Å². The van der Waals surface area contributed by atoms with Gasteiger partial charge in [0.2, 0.25) is 0 Å². The van der Waals surface area contributed by atoms with E-state index < -0.39 is 5.97 Å². The second-order valence-corrected chi connectivity index (χ2v) is 4.07. The highest BCUT2D eigenvalue weighted by Crippen LogP contribution is 2.19. The van der Waals surface area contributed by atoms with Gasteiger partial charge in [0.05, 0.1) is 5.56 Å². The van der Waals surface area contributed by atoms with Crippen LogP contribution in [0.2, 0.25) is 0 Å². The van der Waals surface area contributed by atoms with Gasteiger partial charge in [0.25, 0.3) is 0 Å². The summed E-state index contributed by atoms with van der Waals surface area (Å²) in [5.74, 6) is -0.0998. The lowest BCUT2D eigenvalue weighted by Gasteiger charge is -2.10. The van der Waals surface area contributed by atoms with Crippen molar-refractivity contribution >= 4 is 11.8 Å². The number of carbonyl (C=O) groups is 2. The van der Waals surface area contributed by atoms with Crippen molar-refractivity contribution in [2.75, 3.05) is 20.6 Å². The van der Waals surface area contributed by atoms with E-state index >= 15 is 0 Å². The third-order valence-corrected chi connectivity index (χ3v) is 2.23. The highest BCUT2D eigenvalue weighted by molar-refractivity contribution is 5.99. The molecule has 1 aromatic carbocycles. The third kappa shape index (κ3) is 4.36. The summed E-state index contributed by atoms with van der Waals surface area (Å²) >= 11 is 0. The minimum atomic E-state index is -0.419. The molecule has 0 fully saturated rings. The molecule has 0 spiro atoms. The third-order valence-electron chi connectivity index (χ3n) is 2.23. The van der Waals surface area contributed by atoms with Gasteiger partial charge in [-0.05, 0) is 26.2 Å². The first kappa shape index (κ1) is 13.4. The Morgan fingerprint density at radius 3 is 2.47 bits per heavy atom. The first-order chi connectivity index (χ1) is 8.00. The molecular formula is C13H17NO3. The highest BCUT2D eigenvalue weighted by Gasteiger charge is 2.13. The molecule has 0 unspecified atom stereocenters. The van der Waals surface area contributed by atoms with Gasteiger partial charge in [-0.25, -0.2) is 0 Å². The molecular weight excluding hydrogens is 218 g/mol. The Bertz CT molecular complexity index is 413. The highest BCUT2D eigenvalue weighted by atomic mass is 16.5. The molecule has 4 heteroatoms. The fourth-order valence-corrected chi connectivity index (χ4v) is 1.40. The van der Waals surface area contributed by atoms with Crippen molar-refractivity contribution < 1.29 is 14.3 Å². The van der Waals surface area contributed by atoms with E-state index in [2.05, 4.69) is 0 Å². The molecule has 0 saturated carbocycles. The average Bonchev–Trinajstić information content (AvgIpc) is 2.25. The molecule has 0 aromatic heterocycles. The molecule has 4 nitrogen and oxygen atoms in total. The normalized spacial score (nSPS) is 10.4. The maximum Gasteiger partial charge on any atom is 0.308 e. The number of carbonyl (C=O) groups excluding carboxylic acids is 2. The fourth-order valence-electron chi connectivity index (χ4n) is 1.40. The van der Waals surface area contributed by atoms with Crippen molar-refractivity contribution in [3.8, 4) is 5.75 Å². The molecule has 0 atom stereocenters. The van der Waals surface area contributed by atoms with Gasteiger partial charge < -0.3 is 9.64 Å². The van der Waals surface area contributed by atoms with Crippen LogP contribution in [-0.4, -0.2) is 37.3 Å². The molecule has 0 aliphatic heterocycles. The molecule has 0 N–H and O–H groups in total. The average molecular weight is 235 g/mol. The number of ketones is 1. The summed E-state index contributed by atoms with van der Waals surface area (Å²) < 4.78 is 5.00.